The maximum Gasteiger partial charge on any atom is 0.158 e. The van der Waals surface area contributed by atoms with E-state index in [2.05, 4.69) is 27.5 Å². The zero-order valence-electron chi connectivity index (χ0n) is 13.0. The van der Waals surface area contributed by atoms with E-state index in [0.29, 0.717) is 25.1 Å². The minimum atomic E-state index is 0.294. The van der Waals surface area contributed by atoms with Gasteiger partial charge in [0.15, 0.2) is 5.82 Å². The Morgan fingerprint density at radius 2 is 2.10 bits per heavy atom. The molecule has 1 aliphatic rings. The lowest BCUT2D eigenvalue weighted by Crippen LogP contribution is -2.19. The molecule has 1 aliphatic heterocycles. The first-order valence-corrected chi connectivity index (χ1v) is 7.86. The zero-order valence-corrected chi connectivity index (χ0v) is 13.0. The van der Waals surface area contributed by atoms with Gasteiger partial charge in [-0.15, -0.1) is 0 Å². The van der Waals surface area contributed by atoms with Gasteiger partial charge in [0.25, 0.3) is 0 Å². The number of rotatable bonds is 9. The molecule has 118 valence electrons. The highest BCUT2D eigenvalue weighted by molar-refractivity contribution is 5.47. The van der Waals surface area contributed by atoms with Gasteiger partial charge in [-0.05, 0) is 26.2 Å². The van der Waals surface area contributed by atoms with Crippen molar-refractivity contribution in [2.45, 2.75) is 45.8 Å². The fourth-order valence-electron chi connectivity index (χ4n) is 2.21. The van der Waals surface area contributed by atoms with Gasteiger partial charge in [-0.2, -0.15) is 0 Å². The number of ether oxygens (including phenoxy) is 2. The highest BCUT2D eigenvalue weighted by atomic mass is 16.5. The SMILES string of the molecule is CCCNc1cc(NCC2CCCO2)nc(COCC)n1. The fourth-order valence-corrected chi connectivity index (χ4v) is 2.21. The largest absolute Gasteiger partial charge is 0.376 e. The second kappa shape index (κ2) is 8.79. The summed E-state index contributed by atoms with van der Waals surface area (Å²) in [7, 11) is 0. The first-order chi connectivity index (χ1) is 10.3. The Labute approximate surface area is 126 Å². The van der Waals surface area contributed by atoms with E-state index in [1.807, 2.05) is 13.0 Å². The molecule has 1 fully saturated rings. The summed E-state index contributed by atoms with van der Waals surface area (Å²) in [4.78, 5) is 8.97. The number of hydrogen-bond donors (Lipinski definition) is 2. The van der Waals surface area contributed by atoms with Crippen molar-refractivity contribution in [2.24, 2.45) is 0 Å². The maximum atomic E-state index is 5.62. The number of aromatic nitrogens is 2. The third-order valence-electron chi connectivity index (χ3n) is 3.30. The van der Waals surface area contributed by atoms with Crippen LogP contribution < -0.4 is 10.6 Å². The molecule has 0 aliphatic carbocycles. The van der Waals surface area contributed by atoms with Crippen LogP contribution in [0.2, 0.25) is 0 Å². The Bertz CT molecular complexity index is 396. The van der Waals surface area contributed by atoms with Gasteiger partial charge in [0.05, 0.1) is 6.10 Å². The summed E-state index contributed by atoms with van der Waals surface area (Å²) in [6.07, 6.45) is 3.62. The first-order valence-electron chi connectivity index (χ1n) is 7.86. The number of nitrogens with zero attached hydrogens (tertiary/aromatic N) is 2. The molecule has 2 heterocycles. The van der Waals surface area contributed by atoms with E-state index in [4.69, 9.17) is 9.47 Å². The summed E-state index contributed by atoms with van der Waals surface area (Å²) in [5.41, 5.74) is 0. The van der Waals surface area contributed by atoms with E-state index >= 15 is 0 Å². The molecular weight excluding hydrogens is 268 g/mol. The normalized spacial score (nSPS) is 17.9. The van der Waals surface area contributed by atoms with Crippen molar-refractivity contribution in [1.29, 1.82) is 0 Å². The lowest BCUT2D eigenvalue weighted by atomic mass is 10.2. The number of nitrogens with one attached hydrogen (secondary N) is 2. The Hall–Kier alpha value is -1.40. The van der Waals surface area contributed by atoms with Gasteiger partial charge in [-0.25, -0.2) is 9.97 Å². The Morgan fingerprint density at radius 1 is 1.29 bits per heavy atom. The minimum absolute atomic E-state index is 0.294. The van der Waals surface area contributed by atoms with E-state index in [9.17, 15) is 0 Å². The predicted octanol–water partition coefficient (Wildman–Crippen LogP) is 2.43. The Kier molecular flexibility index (Phi) is 6.69. The van der Waals surface area contributed by atoms with Crippen molar-refractivity contribution in [3.05, 3.63) is 11.9 Å². The molecule has 1 atom stereocenters. The average molecular weight is 294 g/mol. The van der Waals surface area contributed by atoms with Gasteiger partial charge >= 0.3 is 0 Å². The molecule has 0 amide bonds. The monoisotopic (exact) mass is 294 g/mol. The molecule has 1 aromatic heterocycles. The summed E-state index contributed by atoms with van der Waals surface area (Å²) in [5.74, 6) is 2.37. The van der Waals surface area contributed by atoms with Crippen molar-refractivity contribution in [1.82, 2.24) is 9.97 Å². The molecule has 2 N–H and O–H groups in total. The Morgan fingerprint density at radius 3 is 2.76 bits per heavy atom. The molecule has 0 saturated carbocycles. The molecule has 1 saturated heterocycles. The van der Waals surface area contributed by atoms with Crippen LogP contribution in [-0.4, -0.2) is 42.4 Å². The highest BCUT2D eigenvalue weighted by Gasteiger charge is 2.15. The van der Waals surface area contributed by atoms with Crippen LogP contribution in [0, 0.1) is 0 Å². The molecule has 6 heteroatoms. The predicted molar refractivity (Wildman–Crippen MR) is 83.6 cm³/mol. The third kappa shape index (κ3) is 5.47. The van der Waals surface area contributed by atoms with Crippen molar-refractivity contribution in [2.75, 3.05) is 36.9 Å². The van der Waals surface area contributed by atoms with Gasteiger partial charge < -0.3 is 20.1 Å². The molecule has 1 unspecified atom stereocenters. The van der Waals surface area contributed by atoms with Crippen molar-refractivity contribution in [3.8, 4) is 0 Å². The Balaban J connectivity index is 1.98. The van der Waals surface area contributed by atoms with Crippen molar-refractivity contribution >= 4 is 11.6 Å². The van der Waals surface area contributed by atoms with E-state index < -0.39 is 0 Å². The second-order valence-electron chi connectivity index (χ2n) is 5.13. The summed E-state index contributed by atoms with van der Waals surface area (Å²) in [6.45, 7) is 7.76. The number of hydrogen-bond acceptors (Lipinski definition) is 6. The molecule has 2 rings (SSSR count). The van der Waals surface area contributed by atoms with E-state index in [0.717, 1.165) is 50.6 Å². The maximum absolute atomic E-state index is 5.62. The molecule has 0 radical (unpaired) electrons. The molecule has 0 bridgehead atoms. The van der Waals surface area contributed by atoms with E-state index in [-0.39, 0.29) is 0 Å². The lowest BCUT2D eigenvalue weighted by Gasteiger charge is -2.13. The van der Waals surface area contributed by atoms with Crippen LogP contribution in [0.5, 0.6) is 0 Å². The standard InChI is InChI=1S/C15H26N4O2/c1-3-7-16-13-9-14(17-10-12-6-5-8-21-12)19-15(18-13)11-20-4-2/h9,12H,3-8,10-11H2,1-2H3,(H2,16,17,18,19). The number of anilines is 2. The van der Waals surface area contributed by atoms with E-state index in [1.54, 1.807) is 0 Å². The van der Waals surface area contributed by atoms with Gasteiger partial charge in [-0.3, -0.25) is 0 Å². The van der Waals surface area contributed by atoms with Crippen LogP contribution in [0.4, 0.5) is 11.6 Å². The van der Waals surface area contributed by atoms with Gasteiger partial charge in [0, 0.05) is 32.4 Å². The smallest absolute Gasteiger partial charge is 0.158 e. The van der Waals surface area contributed by atoms with E-state index in [1.165, 1.54) is 0 Å². The molecular formula is C15H26N4O2. The van der Waals surface area contributed by atoms with Crippen molar-refractivity contribution < 1.29 is 9.47 Å². The van der Waals surface area contributed by atoms with Gasteiger partial charge in [0.1, 0.15) is 18.2 Å². The average Bonchev–Trinajstić information content (AvgIpc) is 3.02. The lowest BCUT2D eigenvalue weighted by molar-refractivity contribution is 0.120. The summed E-state index contributed by atoms with van der Waals surface area (Å²) in [5, 5.41) is 6.65. The molecule has 0 spiro atoms. The van der Waals surface area contributed by atoms with Crippen molar-refractivity contribution in [3.63, 3.8) is 0 Å². The van der Waals surface area contributed by atoms with Gasteiger partial charge in [0.2, 0.25) is 0 Å². The second-order valence-corrected chi connectivity index (χ2v) is 5.13. The molecule has 21 heavy (non-hydrogen) atoms. The quantitative estimate of drug-likeness (QED) is 0.729. The summed E-state index contributed by atoms with van der Waals surface area (Å²) < 4.78 is 11.0. The van der Waals surface area contributed by atoms with Crippen LogP contribution in [0.15, 0.2) is 6.07 Å². The van der Waals surface area contributed by atoms with Crippen LogP contribution in [0.1, 0.15) is 38.9 Å². The van der Waals surface area contributed by atoms with Crippen LogP contribution >= 0.6 is 0 Å². The first kappa shape index (κ1) is 16.0. The zero-order chi connectivity index (χ0) is 14.9. The third-order valence-corrected chi connectivity index (χ3v) is 3.30. The molecule has 0 aromatic carbocycles. The summed E-state index contributed by atoms with van der Waals surface area (Å²) in [6, 6.07) is 1.94. The molecule has 1 aromatic rings. The summed E-state index contributed by atoms with van der Waals surface area (Å²) >= 11 is 0. The van der Waals surface area contributed by atoms with Crippen LogP contribution in [-0.2, 0) is 16.1 Å². The highest BCUT2D eigenvalue weighted by Crippen LogP contribution is 2.15. The van der Waals surface area contributed by atoms with Crippen LogP contribution in [0.3, 0.4) is 0 Å². The minimum Gasteiger partial charge on any atom is -0.376 e. The van der Waals surface area contributed by atoms with Gasteiger partial charge in [-0.1, -0.05) is 6.92 Å². The molecule has 6 nitrogen and oxygen atoms in total. The van der Waals surface area contributed by atoms with Crippen LogP contribution in [0.25, 0.3) is 0 Å². The fraction of sp³-hybridized carbons (Fsp3) is 0.733. The topological polar surface area (TPSA) is 68.3 Å².